The van der Waals surface area contributed by atoms with Crippen molar-refractivity contribution < 1.29 is 9.53 Å². The van der Waals surface area contributed by atoms with Crippen LogP contribution in [-0.4, -0.2) is 29.4 Å². The molecule has 2 rings (SSSR count). The lowest BCUT2D eigenvalue weighted by molar-refractivity contribution is 0.0887. The van der Waals surface area contributed by atoms with Gasteiger partial charge in [0, 0.05) is 25.4 Å². The number of rotatable bonds is 5. The lowest BCUT2D eigenvalue weighted by atomic mass is 10.1. The van der Waals surface area contributed by atoms with Crippen LogP contribution in [0.2, 0.25) is 5.02 Å². The Labute approximate surface area is 122 Å². The van der Waals surface area contributed by atoms with Crippen LogP contribution >= 0.6 is 11.6 Å². The van der Waals surface area contributed by atoms with E-state index in [1.54, 1.807) is 38.6 Å². The number of hydrogen-bond donors (Lipinski definition) is 1. The summed E-state index contributed by atoms with van der Waals surface area (Å²) < 4.78 is 6.70. The Morgan fingerprint density at radius 2 is 2.10 bits per heavy atom. The van der Waals surface area contributed by atoms with Gasteiger partial charge in [0.2, 0.25) is 0 Å². The zero-order valence-corrected chi connectivity index (χ0v) is 12.1. The molecule has 0 spiro atoms. The third-order valence-electron chi connectivity index (χ3n) is 2.96. The molecule has 0 fully saturated rings. The molecule has 0 aliphatic rings. The molecular weight excluding hydrogens is 278 g/mol. The Morgan fingerprint density at radius 3 is 2.65 bits per heavy atom. The second-order valence-electron chi connectivity index (χ2n) is 4.37. The molecule has 20 heavy (non-hydrogen) atoms. The summed E-state index contributed by atoms with van der Waals surface area (Å²) in [7, 11) is 3.32. The zero-order valence-electron chi connectivity index (χ0n) is 11.3. The highest BCUT2D eigenvalue weighted by Crippen LogP contribution is 2.17. The van der Waals surface area contributed by atoms with Crippen molar-refractivity contribution in [3.63, 3.8) is 0 Å². The first-order valence-electron chi connectivity index (χ1n) is 6.15. The van der Waals surface area contributed by atoms with Gasteiger partial charge in [-0.3, -0.25) is 9.48 Å². The molecular formula is C14H16ClN3O2. The molecule has 1 aromatic heterocycles. The second-order valence-corrected chi connectivity index (χ2v) is 4.81. The van der Waals surface area contributed by atoms with Crippen molar-refractivity contribution in [1.29, 1.82) is 0 Å². The van der Waals surface area contributed by atoms with E-state index in [4.69, 9.17) is 16.3 Å². The minimum Gasteiger partial charge on any atom is -0.382 e. The average Bonchev–Trinajstić information content (AvgIpc) is 2.85. The Balaban J connectivity index is 2.15. The van der Waals surface area contributed by atoms with Crippen molar-refractivity contribution in [3.05, 3.63) is 52.8 Å². The molecule has 0 aliphatic carbocycles. The third kappa shape index (κ3) is 3.37. The smallest absolute Gasteiger partial charge is 0.270 e. The number of amides is 1. The molecule has 2 aromatic rings. The molecule has 0 aliphatic heterocycles. The molecule has 0 bridgehead atoms. The summed E-state index contributed by atoms with van der Waals surface area (Å²) in [5.74, 6) is -0.193. The topological polar surface area (TPSA) is 56.1 Å². The number of methoxy groups -OCH3 is 1. The van der Waals surface area contributed by atoms with Crippen LogP contribution < -0.4 is 5.32 Å². The van der Waals surface area contributed by atoms with Crippen molar-refractivity contribution in [1.82, 2.24) is 15.1 Å². The molecule has 1 atom stereocenters. The van der Waals surface area contributed by atoms with Gasteiger partial charge in [0.15, 0.2) is 0 Å². The van der Waals surface area contributed by atoms with Gasteiger partial charge in [-0.15, -0.1) is 0 Å². The Kier molecular flexibility index (Phi) is 4.76. The van der Waals surface area contributed by atoms with Crippen LogP contribution in [0.5, 0.6) is 0 Å². The SMILES string of the molecule is COC[C@@H](NC(=O)c1ccnn1C)c1ccc(Cl)cc1. The molecule has 5 nitrogen and oxygen atoms in total. The molecule has 1 N–H and O–H groups in total. The van der Waals surface area contributed by atoms with Gasteiger partial charge in [-0.1, -0.05) is 23.7 Å². The van der Waals surface area contributed by atoms with Crippen LogP contribution in [0.15, 0.2) is 36.5 Å². The largest absolute Gasteiger partial charge is 0.382 e. The molecule has 6 heteroatoms. The Morgan fingerprint density at radius 1 is 1.40 bits per heavy atom. The fraction of sp³-hybridized carbons (Fsp3) is 0.286. The molecule has 1 aromatic carbocycles. The van der Waals surface area contributed by atoms with E-state index in [0.717, 1.165) is 5.56 Å². The summed E-state index contributed by atoms with van der Waals surface area (Å²) in [6.07, 6.45) is 1.59. The van der Waals surface area contributed by atoms with Crippen LogP contribution in [-0.2, 0) is 11.8 Å². The number of carbonyl (C=O) groups is 1. The van der Waals surface area contributed by atoms with Gasteiger partial charge in [-0.05, 0) is 23.8 Å². The van der Waals surface area contributed by atoms with E-state index in [9.17, 15) is 4.79 Å². The summed E-state index contributed by atoms with van der Waals surface area (Å²) >= 11 is 5.87. The van der Waals surface area contributed by atoms with E-state index in [2.05, 4.69) is 10.4 Å². The monoisotopic (exact) mass is 293 g/mol. The van der Waals surface area contributed by atoms with Gasteiger partial charge >= 0.3 is 0 Å². The number of aromatic nitrogens is 2. The van der Waals surface area contributed by atoms with Gasteiger partial charge in [-0.2, -0.15) is 5.10 Å². The van der Waals surface area contributed by atoms with Crippen molar-refractivity contribution in [3.8, 4) is 0 Å². The highest BCUT2D eigenvalue weighted by molar-refractivity contribution is 6.30. The fourth-order valence-electron chi connectivity index (χ4n) is 1.91. The van der Waals surface area contributed by atoms with Crippen LogP contribution in [0, 0.1) is 0 Å². The lowest BCUT2D eigenvalue weighted by Gasteiger charge is -2.18. The van der Waals surface area contributed by atoms with E-state index in [0.29, 0.717) is 17.3 Å². The van der Waals surface area contributed by atoms with Crippen LogP contribution in [0.4, 0.5) is 0 Å². The molecule has 1 heterocycles. The Hall–Kier alpha value is -1.85. The normalized spacial score (nSPS) is 12.2. The average molecular weight is 294 g/mol. The number of benzene rings is 1. The summed E-state index contributed by atoms with van der Waals surface area (Å²) in [6.45, 7) is 0.380. The number of hydrogen-bond acceptors (Lipinski definition) is 3. The molecule has 106 valence electrons. The molecule has 0 saturated heterocycles. The molecule has 1 amide bonds. The maximum atomic E-state index is 12.2. The first-order chi connectivity index (χ1) is 9.61. The van der Waals surface area contributed by atoms with Gasteiger partial charge in [0.05, 0.1) is 12.6 Å². The summed E-state index contributed by atoms with van der Waals surface area (Å²) in [6, 6.07) is 8.75. The quantitative estimate of drug-likeness (QED) is 0.919. The van der Waals surface area contributed by atoms with E-state index in [1.165, 1.54) is 4.68 Å². The first-order valence-corrected chi connectivity index (χ1v) is 6.53. The molecule has 0 unspecified atom stereocenters. The van der Waals surface area contributed by atoms with Crippen molar-refractivity contribution in [2.75, 3.05) is 13.7 Å². The first kappa shape index (κ1) is 14.6. The van der Waals surface area contributed by atoms with Gasteiger partial charge in [0.1, 0.15) is 5.69 Å². The predicted octanol–water partition coefficient (Wildman–Crippen LogP) is 2.19. The van der Waals surface area contributed by atoms with Gasteiger partial charge < -0.3 is 10.1 Å². The van der Waals surface area contributed by atoms with Crippen LogP contribution in [0.3, 0.4) is 0 Å². The minimum absolute atomic E-state index is 0.193. The fourth-order valence-corrected chi connectivity index (χ4v) is 2.04. The Bertz CT molecular complexity index is 580. The highest BCUT2D eigenvalue weighted by atomic mass is 35.5. The van der Waals surface area contributed by atoms with Crippen molar-refractivity contribution >= 4 is 17.5 Å². The molecule has 0 saturated carbocycles. The number of carbonyl (C=O) groups excluding carboxylic acids is 1. The second kappa shape index (κ2) is 6.54. The van der Waals surface area contributed by atoms with Crippen LogP contribution in [0.25, 0.3) is 0 Å². The summed E-state index contributed by atoms with van der Waals surface area (Å²) in [5.41, 5.74) is 1.44. The number of nitrogens with one attached hydrogen (secondary N) is 1. The third-order valence-corrected chi connectivity index (χ3v) is 3.22. The number of ether oxygens (including phenoxy) is 1. The highest BCUT2D eigenvalue weighted by Gasteiger charge is 2.17. The number of aryl methyl sites for hydroxylation is 1. The summed E-state index contributed by atoms with van der Waals surface area (Å²) in [5, 5.41) is 7.57. The lowest BCUT2D eigenvalue weighted by Crippen LogP contribution is -2.32. The minimum atomic E-state index is -0.236. The predicted molar refractivity (Wildman–Crippen MR) is 76.7 cm³/mol. The standard InChI is InChI=1S/C14H16ClN3O2/c1-18-13(7-8-16-18)14(19)17-12(9-20-2)10-3-5-11(15)6-4-10/h3-8,12H,9H2,1-2H3,(H,17,19)/t12-/m1/s1. The van der Waals surface area contributed by atoms with Crippen LogP contribution in [0.1, 0.15) is 22.1 Å². The number of halogens is 1. The van der Waals surface area contributed by atoms with Gasteiger partial charge in [-0.25, -0.2) is 0 Å². The zero-order chi connectivity index (χ0) is 14.5. The summed E-state index contributed by atoms with van der Waals surface area (Å²) in [4.78, 5) is 12.2. The van der Waals surface area contributed by atoms with E-state index < -0.39 is 0 Å². The van der Waals surface area contributed by atoms with E-state index in [1.807, 2.05) is 12.1 Å². The maximum absolute atomic E-state index is 12.2. The number of nitrogens with zero attached hydrogens (tertiary/aromatic N) is 2. The van der Waals surface area contributed by atoms with Crippen molar-refractivity contribution in [2.24, 2.45) is 7.05 Å². The van der Waals surface area contributed by atoms with Gasteiger partial charge in [0.25, 0.3) is 5.91 Å². The van der Waals surface area contributed by atoms with Crippen molar-refractivity contribution in [2.45, 2.75) is 6.04 Å². The van der Waals surface area contributed by atoms with E-state index in [-0.39, 0.29) is 11.9 Å². The molecule has 0 radical (unpaired) electrons. The van der Waals surface area contributed by atoms with E-state index >= 15 is 0 Å². The maximum Gasteiger partial charge on any atom is 0.270 e.